The van der Waals surface area contributed by atoms with Crippen LogP contribution in [0.2, 0.25) is 0 Å². The van der Waals surface area contributed by atoms with Crippen LogP contribution < -0.4 is 4.72 Å². The predicted molar refractivity (Wildman–Crippen MR) is 65.5 cm³/mol. The minimum Gasteiger partial charge on any atom is -0.760 e. The van der Waals surface area contributed by atoms with Gasteiger partial charge in [-0.2, -0.15) is 0 Å². The highest BCUT2D eigenvalue weighted by Crippen LogP contribution is 2.21. The molecule has 98 valence electrons. The van der Waals surface area contributed by atoms with Crippen molar-refractivity contribution < 1.29 is 18.4 Å². The van der Waals surface area contributed by atoms with Crippen molar-refractivity contribution in [2.75, 3.05) is 13.6 Å². The molecule has 1 aromatic carbocycles. The second-order valence-electron chi connectivity index (χ2n) is 3.34. The number of amides is 2. The Morgan fingerprint density at radius 2 is 1.61 bits per heavy atom. The molecule has 0 spiro atoms. The van der Waals surface area contributed by atoms with Gasteiger partial charge in [-0.3, -0.25) is 23.4 Å². The molecule has 0 bridgehead atoms. The average molecular weight is 269 g/mol. The van der Waals surface area contributed by atoms with Gasteiger partial charge in [0.15, 0.2) is 0 Å². The smallest absolute Gasteiger partial charge is 0.261 e. The molecular formula is C11H13N2O4S-. The highest BCUT2D eigenvalue weighted by molar-refractivity contribution is 7.77. The topological polar surface area (TPSA) is 89.5 Å². The van der Waals surface area contributed by atoms with E-state index >= 15 is 0 Å². The molecule has 7 heteroatoms. The minimum atomic E-state index is -2.07. The van der Waals surface area contributed by atoms with Crippen molar-refractivity contribution in [3.63, 3.8) is 0 Å². The van der Waals surface area contributed by atoms with E-state index in [1.54, 1.807) is 31.2 Å². The van der Waals surface area contributed by atoms with Gasteiger partial charge in [0.2, 0.25) is 0 Å². The molecule has 1 atom stereocenters. The zero-order valence-corrected chi connectivity index (χ0v) is 10.8. The van der Waals surface area contributed by atoms with Crippen LogP contribution in [0, 0.1) is 0 Å². The highest BCUT2D eigenvalue weighted by Gasteiger charge is 2.33. The van der Waals surface area contributed by atoms with Gasteiger partial charge in [-0.05, 0) is 26.1 Å². The van der Waals surface area contributed by atoms with Crippen LogP contribution in [0.1, 0.15) is 27.6 Å². The van der Waals surface area contributed by atoms with Crippen LogP contribution in [0.4, 0.5) is 0 Å². The fourth-order valence-electron chi connectivity index (χ4n) is 1.53. The van der Waals surface area contributed by atoms with E-state index in [-0.39, 0.29) is 11.8 Å². The maximum atomic E-state index is 11.5. The van der Waals surface area contributed by atoms with Crippen LogP contribution in [-0.4, -0.2) is 39.1 Å². The van der Waals surface area contributed by atoms with E-state index < -0.39 is 11.3 Å². The van der Waals surface area contributed by atoms with Crippen LogP contribution in [0.3, 0.4) is 0 Å². The molecule has 18 heavy (non-hydrogen) atoms. The fraction of sp³-hybridized carbons (Fsp3) is 0.273. The summed E-state index contributed by atoms with van der Waals surface area (Å²) in [5.41, 5.74) is 1.05. The Hall–Kier alpha value is -1.57. The summed E-state index contributed by atoms with van der Waals surface area (Å²) in [5.74, 6) is -0.355. The number of carbonyl (C=O) groups is 2. The van der Waals surface area contributed by atoms with Crippen LogP contribution in [0.5, 0.6) is 0 Å². The molecule has 0 saturated heterocycles. The van der Waals surface area contributed by atoms with Gasteiger partial charge in [-0.15, -0.1) is 0 Å². The van der Waals surface area contributed by atoms with Crippen LogP contribution >= 0.6 is 0 Å². The summed E-state index contributed by atoms with van der Waals surface area (Å²) in [6, 6.07) is 6.91. The van der Waals surface area contributed by atoms with E-state index in [4.69, 9.17) is 0 Å². The van der Waals surface area contributed by atoms with E-state index in [0.29, 0.717) is 17.7 Å². The SMILES string of the molecule is CCN1C(=O)c2ccccc2C1=O.CNS(=O)[O-]. The maximum Gasteiger partial charge on any atom is 0.261 e. The number of nitrogens with one attached hydrogen (secondary N) is 1. The Labute approximate surface area is 107 Å². The van der Waals surface area contributed by atoms with Gasteiger partial charge in [0.25, 0.3) is 11.8 Å². The highest BCUT2D eigenvalue weighted by atomic mass is 32.2. The zero-order valence-electron chi connectivity index (χ0n) is 10.0. The molecule has 1 unspecified atom stereocenters. The Balaban J connectivity index is 0.000000280. The van der Waals surface area contributed by atoms with E-state index in [1.165, 1.54) is 11.9 Å². The van der Waals surface area contributed by atoms with Gasteiger partial charge in [-0.1, -0.05) is 12.1 Å². The first kappa shape index (κ1) is 14.5. The standard InChI is InChI=1S/C10H9NO2.CH5NO2S/c1-2-11-9(12)7-5-3-4-6-8(7)10(11)13;1-2-5(3)4/h3-6H,2H2,1H3;2H,1H3,(H,3,4)/p-1. The minimum absolute atomic E-state index is 0.178. The van der Waals surface area contributed by atoms with Crippen molar-refractivity contribution in [2.45, 2.75) is 6.92 Å². The molecule has 1 aromatic rings. The van der Waals surface area contributed by atoms with Gasteiger partial charge in [-0.25, -0.2) is 0 Å². The van der Waals surface area contributed by atoms with Gasteiger partial charge in [0.05, 0.1) is 11.1 Å². The van der Waals surface area contributed by atoms with E-state index in [1.807, 2.05) is 4.72 Å². The Bertz CT molecular complexity index is 455. The van der Waals surface area contributed by atoms with Crippen molar-refractivity contribution in [1.29, 1.82) is 0 Å². The first-order valence-electron chi connectivity index (χ1n) is 5.24. The molecule has 0 fully saturated rings. The summed E-state index contributed by atoms with van der Waals surface area (Å²) in [6.45, 7) is 2.23. The van der Waals surface area contributed by atoms with Crippen molar-refractivity contribution in [3.05, 3.63) is 35.4 Å². The molecule has 1 heterocycles. The number of carbonyl (C=O) groups excluding carboxylic acids is 2. The number of rotatable bonds is 2. The Morgan fingerprint density at radius 1 is 1.22 bits per heavy atom. The lowest BCUT2D eigenvalue weighted by Gasteiger charge is -2.08. The average Bonchev–Trinajstić information content (AvgIpc) is 2.63. The fourth-order valence-corrected chi connectivity index (χ4v) is 1.53. The van der Waals surface area contributed by atoms with Gasteiger partial charge >= 0.3 is 0 Å². The molecule has 2 amide bonds. The molecule has 0 saturated carbocycles. The molecule has 1 aliphatic heterocycles. The van der Waals surface area contributed by atoms with Crippen molar-refractivity contribution in [1.82, 2.24) is 9.62 Å². The summed E-state index contributed by atoms with van der Waals surface area (Å²) in [4.78, 5) is 24.3. The second kappa shape index (κ2) is 6.39. The first-order valence-corrected chi connectivity index (χ1v) is 6.32. The van der Waals surface area contributed by atoms with Gasteiger partial charge in [0, 0.05) is 17.8 Å². The zero-order chi connectivity index (χ0) is 13.7. The molecule has 0 radical (unpaired) electrons. The normalized spacial score (nSPS) is 14.9. The first-order chi connectivity index (χ1) is 8.52. The van der Waals surface area contributed by atoms with Crippen LogP contribution in [0.15, 0.2) is 24.3 Å². The lowest BCUT2D eigenvalue weighted by molar-refractivity contribution is 0.0663. The summed E-state index contributed by atoms with van der Waals surface area (Å²) in [6.07, 6.45) is 0. The number of hydrogen-bond donors (Lipinski definition) is 1. The third-order valence-corrected chi connectivity index (χ3v) is 2.69. The van der Waals surface area contributed by atoms with Crippen molar-refractivity contribution in [3.8, 4) is 0 Å². The number of benzene rings is 1. The Morgan fingerprint density at radius 3 is 1.89 bits per heavy atom. The largest absolute Gasteiger partial charge is 0.760 e. The second-order valence-corrected chi connectivity index (χ2v) is 4.22. The molecule has 1 N–H and O–H groups in total. The summed E-state index contributed by atoms with van der Waals surface area (Å²) >= 11 is -2.07. The summed E-state index contributed by atoms with van der Waals surface area (Å²) < 4.78 is 20.5. The lowest BCUT2D eigenvalue weighted by atomic mass is 10.1. The molecule has 1 aliphatic rings. The van der Waals surface area contributed by atoms with Crippen molar-refractivity contribution >= 4 is 23.1 Å². The number of nitrogens with zero attached hydrogens (tertiary/aromatic N) is 1. The van der Waals surface area contributed by atoms with Crippen molar-refractivity contribution in [2.24, 2.45) is 0 Å². The number of fused-ring (bicyclic) bond motifs is 1. The van der Waals surface area contributed by atoms with Crippen LogP contribution in [-0.2, 0) is 11.3 Å². The third-order valence-electron chi connectivity index (χ3n) is 2.36. The monoisotopic (exact) mass is 269 g/mol. The van der Waals surface area contributed by atoms with E-state index in [9.17, 15) is 18.4 Å². The lowest BCUT2D eigenvalue weighted by Crippen LogP contribution is -2.29. The third kappa shape index (κ3) is 3.00. The van der Waals surface area contributed by atoms with E-state index in [0.717, 1.165) is 0 Å². The molecule has 0 aromatic heterocycles. The molecule has 0 aliphatic carbocycles. The Kier molecular flexibility index (Phi) is 5.14. The van der Waals surface area contributed by atoms with Crippen LogP contribution in [0.25, 0.3) is 0 Å². The summed E-state index contributed by atoms with van der Waals surface area (Å²) in [7, 11) is 1.34. The number of hydrogen-bond acceptors (Lipinski definition) is 4. The van der Waals surface area contributed by atoms with Gasteiger partial charge in [0.1, 0.15) is 0 Å². The maximum absolute atomic E-state index is 11.5. The predicted octanol–water partition coefficient (Wildman–Crippen LogP) is 0.302. The van der Waals surface area contributed by atoms with E-state index in [2.05, 4.69) is 0 Å². The number of imide groups is 1. The molecule has 6 nitrogen and oxygen atoms in total. The van der Waals surface area contributed by atoms with Gasteiger partial charge < -0.3 is 4.55 Å². The molecule has 2 rings (SSSR count). The summed E-state index contributed by atoms with van der Waals surface area (Å²) in [5, 5.41) is 0. The quantitative estimate of drug-likeness (QED) is 0.617. The molecular weight excluding hydrogens is 256 g/mol.